The molecule has 3 aromatic carbocycles. The minimum absolute atomic E-state index is 0.0285. The van der Waals surface area contributed by atoms with Crippen molar-refractivity contribution in [3.05, 3.63) is 89.0 Å². The summed E-state index contributed by atoms with van der Waals surface area (Å²) in [5.41, 5.74) is 2.50. The number of urea groups is 1. The fourth-order valence-corrected chi connectivity index (χ4v) is 4.31. The van der Waals surface area contributed by atoms with Crippen molar-refractivity contribution in [2.45, 2.75) is 25.4 Å². The molecule has 0 bridgehead atoms. The summed E-state index contributed by atoms with van der Waals surface area (Å²) in [6.45, 7) is 1.87. The fourth-order valence-electron chi connectivity index (χ4n) is 4.31. The third-order valence-electron chi connectivity index (χ3n) is 6.19. The Morgan fingerprint density at radius 1 is 1.00 bits per heavy atom. The van der Waals surface area contributed by atoms with E-state index in [1.165, 1.54) is 44.4 Å². The minimum atomic E-state index is -0.947. The van der Waals surface area contributed by atoms with E-state index in [2.05, 4.69) is 10.6 Å². The number of halogens is 2. The molecular weight excluding hydrogens is 468 g/mol. The number of nitrogens with zero attached hydrogens (tertiary/aromatic N) is 1. The molecule has 0 saturated heterocycles. The third kappa shape index (κ3) is 5.10. The lowest BCUT2D eigenvalue weighted by molar-refractivity contribution is -0.117. The average Bonchev–Trinajstić information content (AvgIpc) is 2.88. The number of methoxy groups -OCH3 is 2. The number of para-hydroxylation sites is 1. The number of nitrogens with one attached hydrogen (secondary N) is 2. The van der Waals surface area contributed by atoms with E-state index in [4.69, 9.17) is 9.47 Å². The topological polar surface area (TPSA) is 79.9 Å². The quantitative estimate of drug-likeness (QED) is 0.521. The Labute approximate surface area is 208 Å². The van der Waals surface area contributed by atoms with Gasteiger partial charge in [0.2, 0.25) is 5.91 Å². The number of rotatable bonds is 6. The molecule has 0 aliphatic carbocycles. The first-order valence-corrected chi connectivity index (χ1v) is 11.4. The molecule has 0 fully saturated rings. The molecule has 0 aromatic heterocycles. The molecule has 4 rings (SSSR count). The lowest BCUT2D eigenvalue weighted by atomic mass is 9.88. The number of carbonyl (C=O) groups excluding carboxylic acids is 2. The summed E-state index contributed by atoms with van der Waals surface area (Å²) in [6, 6.07) is 13.4. The van der Waals surface area contributed by atoms with E-state index < -0.39 is 35.7 Å². The number of anilines is 1. The number of benzene rings is 3. The first kappa shape index (κ1) is 25.0. The van der Waals surface area contributed by atoms with Crippen LogP contribution in [0.3, 0.4) is 0 Å². The molecule has 2 unspecified atom stereocenters. The van der Waals surface area contributed by atoms with Gasteiger partial charge in [0.25, 0.3) is 0 Å². The molecule has 7 nitrogen and oxygen atoms in total. The number of fused-ring (bicyclic) bond motifs is 1. The number of ether oxygens (including phenoxy) is 2. The highest BCUT2D eigenvalue weighted by atomic mass is 19.1. The van der Waals surface area contributed by atoms with Crippen LogP contribution >= 0.6 is 0 Å². The smallest absolute Gasteiger partial charge is 0.318 e. The Hall–Kier alpha value is -4.14. The largest absolute Gasteiger partial charge is 0.493 e. The highest BCUT2D eigenvalue weighted by Crippen LogP contribution is 2.41. The zero-order valence-electron chi connectivity index (χ0n) is 20.2. The normalized spacial score (nSPS) is 15.5. The van der Waals surface area contributed by atoms with Gasteiger partial charge in [0.05, 0.1) is 25.9 Å². The molecule has 3 amide bonds. The monoisotopic (exact) mass is 495 g/mol. The van der Waals surface area contributed by atoms with E-state index in [1.54, 1.807) is 30.2 Å². The summed E-state index contributed by atoms with van der Waals surface area (Å²) >= 11 is 0. The summed E-state index contributed by atoms with van der Waals surface area (Å²) < 4.78 is 38.5. The summed E-state index contributed by atoms with van der Waals surface area (Å²) in [5.74, 6) is -0.446. The van der Waals surface area contributed by atoms with Crippen LogP contribution in [0.25, 0.3) is 0 Å². The van der Waals surface area contributed by atoms with Gasteiger partial charge in [-0.05, 0) is 66.4 Å². The number of amides is 3. The first-order valence-electron chi connectivity index (χ1n) is 11.4. The Bertz CT molecular complexity index is 1270. The molecule has 3 aromatic rings. The van der Waals surface area contributed by atoms with Crippen molar-refractivity contribution in [3.8, 4) is 11.5 Å². The van der Waals surface area contributed by atoms with Gasteiger partial charge in [-0.25, -0.2) is 13.6 Å². The number of hydrogen-bond acceptors (Lipinski definition) is 4. The lowest BCUT2D eigenvalue weighted by Gasteiger charge is -2.38. The minimum Gasteiger partial charge on any atom is -0.493 e. The van der Waals surface area contributed by atoms with Crippen LogP contribution in [0.4, 0.5) is 19.3 Å². The predicted octanol–water partition coefficient (Wildman–Crippen LogP) is 4.67. The maximum Gasteiger partial charge on any atom is 0.318 e. The van der Waals surface area contributed by atoms with Crippen LogP contribution in [0, 0.1) is 11.6 Å². The van der Waals surface area contributed by atoms with E-state index in [1.807, 2.05) is 12.1 Å². The molecule has 1 aliphatic rings. The standard InChI is InChI=1S/C27H27F2N3O4/c1-16(26(33)31-22-7-5-4-6-21(22)29)30-27(34)32-13-12-18-14-23(35-2)24(36-3)15-20(18)25(32)17-8-10-19(28)11-9-17/h4-11,14-16,25H,12-13H2,1-3H3,(H,30,34)(H,31,33). The Balaban J connectivity index is 1.62. The predicted molar refractivity (Wildman–Crippen MR) is 131 cm³/mol. The maximum absolute atomic E-state index is 13.9. The van der Waals surface area contributed by atoms with E-state index in [-0.39, 0.29) is 5.69 Å². The molecule has 0 saturated carbocycles. The van der Waals surface area contributed by atoms with Gasteiger partial charge in [-0.1, -0.05) is 24.3 Å². The molecule has 1 heterocycles. The van der Waals surface area contributed by atoms with Gasteiger partial charge in [0, 0.05) is 6.54 Å². The van der Waals surface area contributed by atoms with Crippen molar-refractivity contribution < 1.29 is 27.8 Å². The second kappa shape index (κ2) is 10.6. The van der Waals surface area contributed by atoms with Crippen LogP contribution < -0.4 is 20.1 Å². The van der Waals surface area contributed by atoms with Crippen molar-refractivity contribution in [3.63, 3.8) is 0 Å². The van der Waals surface area contributed by atoms with Crippen molar-refractivity contribution in [2.75, 3.05) is 26.1 Å². The molecule has 2 N–H and O–H groups in total. The highest BCUT2D eigenvalue weighted by Gasteiger charge is 2.34. The molecule has 2 atom stereocenters. The van der Waals surface area contributed by atoms with Gasteiger partial charge in [-0.15, -0.1) is 0 Å². The molecular formula is C27H27F2N3O4. The van der Waals surface area contributed by atoms with Gasteiger partial charge in [0.15, 0.2) is 11.5 Å². The van der Waals surface area contributed by atoms with E-state index in [0.717, 1.165) is 11.1 Å². The van der Waals surface area contributed by atoms with Gasteiger partial charge in [0.1, 0.15) is 17.7 Å². The van der Waals surface area contributed by atoms with Crippen LogP contribution in [0.15, 0.2) is 60.7 Å². The second-order valence-electron chi connectivity index (χ2n) is 8.44. The summed E-state index contributed by atoms with van der Waals surface area (Å²) in [6.07, 6.45) is 0.538. The Morgan fingerprint density at radius 2 is 1.67 bits per heavy atom. The van der Waals surface area contributed by atoms with Crippen molar-refractivity contribution in [1.82, 2.24) is 10.2 Å². The van der Waals surface area contributed by atoms with Gasteiger partial charge in [-0.3, -0.25) is 4.79 Å². The van der Waals surface area contributed by atoms with Crippen molar-refractivity contribution in [1.29, 1.82) is 0 Å². The van der Waals surface area contributed by atoms with Crippen LogP contribution in [0.5, 0.6) is 11.5 Å². The Morgan fingerprint density at radius 3 is 2.33 bits per heavy atom. The maximum atomic E-state index is 13.9. The number of hydrogen-bond donors (Lipinski definition) is 2. The van der Waals surface area contributed by atoms with Crippen LogP contribution in [0.2, 0.25) is 0 Å². The first-order chi connectivity index (χ1) is 17.3. The zero-order valence-corrected chi connectivity index (χ0v) is 20.2. The van der Waals surface area contributed by atoms with Crippen LogP contribution in [-0.2, 0) is 11.2 Å². The van der Waals surface area contributed by atoms with Crippen LogP contribution in [0.1, 0.15) is 29.7 Å². The second-order valence-corrected chi connectivity index (χ2v) is 8.44. The molecule has 9 heteroatoms. The Kier molecular flexibility index (Phi) is 7.38. The van der Waals surface area contributed by atoms with Gasteiger partial charge in [-0.2, -0.15) is 0 Å². The average molecular weight is 496 g/mol. The molecule has 0 spiro atoms. The van der Waals surface area contributed by atoms with Crippen molar-refractivity contribution in [2.24, 2.45) is 0 Å². The summed E-state index contributed by atoms with van der Waals surface area (Å²) in [7, 11) is 3.08. The van der Waals surface area contributed by atoms with Gasteiger partial charge >= 0.3 is 6.03 Å². The molecule has 0 radical (unpaired) electrons. The van der Waals surface area contributed by atoms with Crippen LogP contribution in [-0.4, -0.2) is 43.6 Å². The summed E-state index contributed by atoms with van der Waals surface area (Å²) in [5, 5.41) is 5.20. The molecule has 36 heavy (non-hydrogen) atoms. The summed E-state index contributed by atoms with van der Waals surface area (Å²) in [4.78, 5) is 27.6. The third-order valence-corrected chi connectivity index (χ3v) is 6.19. The zero-order chi connectivity index (χ0) is 25.8. The van der Waals surface area contributed by atoms with Gasteiger partial charge < -0.3 is 25.0 Å². The van der Waals surface area contributed by atoms with E-state index >= 15 is 0 Å². The molecule has 188 valence electrons. The lowest BCUT2D eigenvalue weighted by Crippen LogP contribution is -2.51. The molecule has 1 aliphatic heterocycles. The van der Waals surface area contributed by atoms with E-state index in [9.17, 15) is 18.4 Å². The SMILES string of the molecule is COc1cc2c(cc1OC)C(c1ccc(F)cc1)N(C(=O)NC(C)C(=O)Nc1ccccc1F)CC2. The van der Waals surface area contributed by atoms with E-state index in [0.29, 0.717) is 30.0 Å². The number of carbonyl (C=O) groups is 2. The van der Waals surface area contributed by atoms with Crippen molar-refractivity contribution >= 4 is 17.6 Å². The fraction of sp³-hybridized carbons (Fsp3) is 0.259. The highest BCUT2D eigenvalue weighted by molar-refractivity contribution is 5.96.